The molecular weight excluding hydrogens is 150 g/mol. The van der Waals surface area contributed by atoms with Crippen molar-refractivity contribution in [3.05, 3.63) is 0 Å². The van der Waals surface area contributed by atoms with E-state index in [0.717, 1.165) is 0 Å². The third kappa shape index (κ3) is 3.72. The van der Waals surface area contributed by atoms with Crippen molar-refractivity contribution in [3.8, 4) is 0 Å². The zero-order chi connectivity index (χ0) is 8.81. The summed E-state index contributed by atoms with van der Waals surface area (Å²) in [6.07, 6.45) is 7.92. The normalized spacial score (nSPS) is 20.3. The third-order valence-corrected chi connectivity index (χ3v) is 2.44. The van der Waals surface area contributed by atoms with Gasteiger partial charge in [-0.1, -0.05) is 25.7 Å². The van der Waals surface area contributed by atoms with Crippen LogP contribution in [0.4, 0.5) is 0 Å². The molecule has 1 rings (SSSR count). The Balaban J connectivity index is 2.16. The van der Waals surface area contributed by atoms with E-state index < -0.39 is 0 Å². The summed E-state index contributed by atoms with van der Waals surface area (Å²) in [6, 6.07) is 0.608. The van der Waals surface area contributed by atoms with Crippen LogP contribution in [-0.4, -0.2) is 18.4 Å². The van der Waals surface area contributed by atoms with Crippen LogP contribution in [0.1, 0.15) is 38.5 Å². The summed E-state index contributed by atoms with van der Waals surface area (Å²) in [6.45, 7) is 0.560. The van der Waals surface area contributed by atoms with Gasteiger partial charge in [-0.05, 0) is 12.8 Å². The molecule has 0 aliphatic heterocycles. The van der Waals surface area contributed by atoms with Gasteiger partial charge >= 0.3 is 0 Å². The SMILES string of the molecule is N=C(N)CNC1CCCCCC1. The van der Waals surface area contributed by atoms with Gasteiger partial charge in [-0.25, -0.2) is 0 Å². The van der Waals surface area contributed by atoms with Crippen molar-refractivity contribution in [3.63, 3.8) is 0 Å². The van der Waals surface area contributed by atoms with Crippen molar-refractivity contribution in [2.75, 3.05) is 6.54 Å². The molecule has 12 heavy (non-hydrogen) atoms. The van der Waals surface area contributed by atoms with E-state index in [1.807, 2.05) is 0 Å². The number of nitrogens with one attached hydrogen (secondary N) is 2. The lowest BCUT2D eigenvalue weighted by molar-refractivity contribution is 0.486. The first-order valence-corrected chi connectivity index (χ1v) is 4.85. The van der Waals surface area contributed by atoms with Crippen molar-refractivity contribution in [2.45, 2.75) is 44.6 Å². The van der Waals surface area contributed by atoms with Crippen LogP contribution in [0, 0.1) is 5.41 Å². The highest BCUT2D eigenvalue weighted by molar-refractivity contribution is 5.78. The molecule has 1 aliphatic rings. The van der Waals surface area contributed by atoms with Crippen LogP contribution in [0.5, 0.6) is 0 Å². The van der Waals surface area contributed by atoms with E-state index in [-0.39, 0.29) is 5.84 Å². The maximum Gasteiger partial charge on any atom is 0.105 e. The standard InChI is InChI=1S/C9H19N3/c10-9(11)7-12-8-5-3-1-2-4-6-8/h8,12H,1-7H2,(H3,10,11). The number of rotatable bonds is 3. The molecule has 1 saturated carbocycles. The minimum atomic E-state index is 0.249. The molecule has 0 aromatic carbocycles. The smallest absolute Gasteiger partial charge is 0.105 e. The van der Waals surface area contributed by atoms with Crippen molar-refractivity contribution >= 4 is 5.84 Å². The number of hydrogen-bond acceptors (Lipinski definition) is 2. The van der Waals surface area contributed by atoms with Gasteiger partial charge in [0.2, 0.25) is 0 Å². The van der Waals surface area contributed by atoms with Gasteiger partial charge in [-0.3, -0.25) is 5.41 Å². The van der Waals surface area contributed by atoms with E-state index >= 15 is 0 Å². The number of nitrogens with two attached hydrogens (primary N) is 1. The topological polar surface area (TPSA) is 61.9 Å². The first-order valence-electron chi connectivity index (χ1n) is 4.85. The average Bonchev–Trinajstić information content (AvgIpc) is 2.28. The van der Waals surface area contributed by atoms with Crippen LogP contribution in [0.15, 0.2) is 0 Å². The lowest BCUT2D eigenvalue weighted by Crippen LogP contribution is -2.35. The molecule has 0 aromatic rings. The van der Waals surface area contributed by atoms with Gasteiger partial charge in [0.1, 0.15) is 5.84 Å². The van der Waals surface area contributed by atoms with Gasteiger partial charge in [-0.15, -0.1) is 0 Å². The summed E-state index contributed by atoms with van der Waals surface area (Å²) >= 11 is 0. The fraction of sp³-hybridized carbons (Fsp3) is 0.889. The van der Waals surface area contributed by atoms with Crippen LogP contribution < -0.4 is 11.1 Å². The molecule has 0 saturated heterocycles. The molecule has 0 radical (unpaired) electrons. The van der Waals surface area contributed by atoms with Crippen molar-refractivity contribution in [2.24, 2.45) is 5.73 Å². The summed E-state index contributed by atoms with van der Waals surface area (Å²) in [5, 5.41) is 10.4. The summed E-state index contributed by atoms with van der Waals surface area (Å²) in [4.78, 5) is 0. The molecule has 0 spiro atoms. The zero-order valence-electron chi connectivity index (χ0n) is 7.60. The van der Waals surface area contributed by atoms with Gasteiger partial charge in [0.05, 0.1) is 6.54 Å². The molecule has 0 unspecified atom stereocenters. The lowest BCUT2D eigenvalue weighted by atomic mass is 10.1. The van der Waals surface area contributed by atoms with Crippen LogP contribution in [0.2, 0.25) is 0 Å². The Labute approximate surface area is 74.2 Å². The van der Waals surface area contributed by atoms with Crippen molar-refractivity contribution in [1.29, 1.82) is 5.41 Å². The molecule has 0 amide bonds. The second-order valence-corrected chi connectivity index (χ2v) is 3.59. The van der Waals surface area contributed by atoms with Gasteiger partial charge in [0.25, 0.3) is 0 Å². The van der Waals surface area contributed by atoms with Crippen LogP contribution in [-0.2, 0) is 0 Å². The molecule has 3 heteroatoms. The molecule has 0 aromatic heterocycles. The highest BCUT2D eigenvalue weighted by Gasteiger charge is 2.10. The van der Waals surface area contributed by atoms with Gasteiger partial charge < -0.3 is 11.1 Å². The largest absolute Gasteiger partial charge is 0.387 e. The Morgan fingerprint density at radius 3 is 2.33 bits per heavy atom. The molecule has 1 fully saturated rings. The number of hydrogen-bond donors (Lipinski definition) is 3. The minimum absolute atomic E-state index is 0.249. The second kappa shape index (κ2) is 5.14. The van der Waals surface area contributed by atoms with E-state index in [4.69, 9.17) is 11.1 Å². The first kappa shape index (κ1) is 9.52. The summed E-state index contributed by atoms with van der Waals surface area (Å²) in [7, 11) is 0. The van der Waals surface area contributed by atoms with E-state index in [1.165, 1.54) is 38.5 Å². The summed E-state index contributed by atoms with van der Waals surface area (Å²) in [5.41, 5.74) is 5.27. The fourth-order valence-electron chi connectivity index (χ4n) is 1.74. The highest BCUT2D eigenvalue weighted by atomic mass is 14.9. The maximum absolute atomic E-state index is 7.08. The molecule has 70 valence electrons. The fourth-order valence-corrected chi connectivity index (χ4v) is 1.74. The van der Waals surface area contributed by atoms with Crippen LogP contribution >= 0.6 is 0 Å². The molecule has 3 nitrogen and oxygen atoms in total. The molecule has 0 bridgehead atoms. The van der Waals surface area contributed by atoms with Gasteiger partial charge in [0.15, 0.2) is 0 Å². The predicted octanol–water partition coefficient (Wildman–Crippen LogP) is 1.23. The van der Waals surface area contributed by atoms with Crippen LogP contribution in [0.25, 0.3) is 0 Å². The summed E-state index contributed by atoms with van der Waals surface area (Å²) in [5.74, 6) is 0.249. The van der Waals surface area contributed by atoms with E-state index in [0.29, 0.717) is 12.6 Å². The molecule has 0 heterocycles. The zero-order valence-corrected chi connectivity index (χ0v) is 7.60. The lowest BCUT2D eigenvalue weighted by Gasteiger charge is -2.14. The Kier molecular flexibility index (Phi) is 4.08. The van der Waals surface area contributed by atoms with Gasteiger partial charge in [-0.2, -0.15) is 0 Å². The molecule has 1 aliphatic carbocycles. The van der Waals surface area contributed by atoms with E-state index in [9.17, 15) is 0 Å². The quantitative estimate of drug-likeness (QED) is 0.338. The predicted molar refractivity (Wildman–Crippen MR) is 51.4 cm³/mol. The minimum Gasteiger partial charge on any atom is -0.387 e. The average molecular weight is 169 g/mol. The highest BCUT2D eigenvalue weighted by Crippen LogP contribution is 2.16. The third-order valence-electron chi connectivity index (χ3n) is 2.44. The van der Waals surface area contributed by atoms with E-state index in [1.54, 1.807) is 0 Å². The molecular formula is C9H19N3. The van der Waals surface area contributed by atoms with E-state index in [2.05, 4.69) is 5.32 Å². The number of amidine groups is 1. The Bertz CT molecular complexity index is 137. The monoisotopic (exact) mass is 169 g/mol. The van der Waals surface area contributed by atoms with Crippen LogP contribution in [0.3, 0.4) is 0 Å². The Morgan fingerprint density at radius 2 is 1.83 bits per heavy atom. The summed E-state index contributed by atoms with van der Waals surface area (Å²) < 4.78 is 0. The molecule has 0 atom stereocenters. The van der Waals surface area contributed by atoms with Crippen molar-refractivity contribution in [1.82, 2.24) is 5.32 Å². The second-order valence-electron chi connectivity index (χ2n) is 3.59. The maximum atomic E-state index is 7.08. The Morgan fingerprint density at radius 1 is 1.25 bits per heavy atom. The van der Waals surface area contributed by atoms with Crippen molar-refractivity contribution < 1.29 is 0 Å². The Hall–Kier alpha value is -0.570. The first-order chi connectivity index (χ1) is 5.79. The van der Waals surface area contributed by atoms with Gasteiger partial charge in [0, 0.05) is 6.04 Å². The molecule has 4 N–H and O–H groups in total.